The summed E-state index contributed by atoms with van der Waals surface area (Å²) >= 11 is 5.69. The van der Waals surface area contributed by atoms with Gasteiger partial charge < -0.3 is 21.5 Å². The summed E-state index contributed by atoms with van der Waals surface area (Å²) in [6.07, 6.45) is 2.06. The van der Waals surface area contributed by atoms with Gasteiger partial charge in [-0.05, 0) is 19.9 Å². The third kappa shape index (κ3) is 8.38. The molecule has 0 fully saturated rings. The predicted molar refractivity (Wildman–Crippen MR) is 47.1 cm³/mol. The zero-order valence-corrected chi connectivity index (χ0v) is 10.0. The Morgan fingerprint density at radius 1 is 1.45 bits per heavy atom. The second kappa shape index (κ2) is 6.04. The zero-order valence-electron chi connectivity index (χ0n) is 7.69. The second-order valence-electron chi connectivity index (χ2n) is 3.23. The van der Waals surface area contributed by atoms with Gasteiger partial charge in [0.25, 0.3) is 0 Å². The van der Waals surface area contributed by atoms with Gasteiger partial charge in [-0.2, -0.15) is 0 Å². The highest BCUT2D eigenvalue weighted by atomic mass is 79.9. The van der Waals surface area contributed by atoms with Gasteiger partial charge in [0.05, 0.1) is 27.2 Å². The topological polar surface area (TPSA) is 0 Å². The van der Waals surface area contributed by atoms with Crippen LogP contribution in [0.3, 0.4) is 0 Å². The average Bonchev–Trinajstić information content (AvgIpc) is 1.85. The Kier molecular flexibility index (Phi) is 7.70. The Bertz CT molecular complexity index is 128. The van der Waals surface area contributed by atoms with Gasteiger partial charge in [0.1, 0.15) is 0 Å². The largest absolute Gasteiger partial charge is 1.00 e. The maximum atomic E-state index is 5.69. The van der Waals surface area contributed by atoms with E-state index in [1.54, 1.807) is 0 Å². The van der Waals surface area contributed by atoms with E-state index in [0.717, 1.165) is 22.6 Å². The molecule has 3 heteroatoms. The van der Waals surface area contributed by atoms with E-state index in [-0.39, 0.29) is 17.0 Å². The molecular weight excluding hydrogens is 225 g/mol. The highest BCUT2D eigenvalue weighted by Crippen LogP contribution is 2.02. The van der Waals surface area contributed by atoms with E-state index < -0.39 is 0 Å². The van der Waals surface area contributed by atoms with Crippen LogP contribution in [0.5, 0.6) is 0 Å². The fourth-order valence-electron chi connectivity index (χ4n) is 0.502. The number of hydrogen-bond donors (Lipinski definition) is 0. The molecule has 68 valence electrons. The van der Waals surface area contributed by atoms with Crippen LogP contribution >= 0.6 is 11.6 Å². The van der Waals surface area contributed by atoms with Gasteiger partial charge >= 0.3 is 0 Å². The predicted octanol–water partition coefficient (Wildman–Crippen LogP) is -0.771. The molecule has 0 unspecified atom stereocenters. The molecular formula is C8H17BrClN. The van der Waals surface area contributed by atoms with Crippen LogP contribution in [-0.2, 0) is 0 Å². The molecule has 0 N–H and O–H groups in total. The van der Waals surface area contributed by atoms with E-state index in [0.29, 0.717) is 0 Å². The van der Waals surface area contributed by atoms with Crippen LogP contribution in [-0.4, -0.2) is 31.7 Å². The van der Waals surface area contributed by atoms with Gasteiger partial charge in [0.15, 0.2) is 0 Å². The summed E-state index contributed by atoms with van der Waals surface area (Å²) in [5, 5.41) is 0.889. The number of hydrogen-bond acceptors (Lipinski definition) is 0. The Balaban J connectivity index is 0. The number of rotatable bonds is 3. The number of quaternary nitrogens is 1. The Morgan fingerprint density at radius 3 is 2.18 bits per heavy atom. The van der Waals surface area contributed by atoms with Crippen LogP contribution in [0.15, 0.2) is 11.1 Å². The van der Waals surface area contributed by atoms with E-state index >= 15 is 0 Å². The third-order valence-corrected chi connectivity index (χ3v) is 1.88. The Hall–Kier alpha value is 0.470. The van der Waals surface area contributed by atoms with Crippen molar-refractivity contribution in [3.05, 3.63) is 11.1 Å². The molecule has 11 heavy (non-hydrogen) atoms. The van der Waals surface area contributed by atoms with Crippen molar-refractivity contribution in [2.45, 2.75) is 13.8 Å². The van der Waals surface area contributed by atoms with Crippen molar-refractivity contribution in [3.8, 4) is 0 Å². The van der Waals surface area contributed by atoms with Crippen LogP contribution in [0, 0.1) is 0 Å². The first-order chi connectivity index (χ1) is 4.48. The van der Waals surface area contributed by atoms with E-state index in [1.807, 2.05) is 6.92 Å². The van der Waals surface area contributed by atoms with Gasteiger partial charge in [0, 0.05) is 5.03 Å². The minimum absolute atomic E-state index is 0. The summed E-state index contributed by atoms with van der Waals surface area (Å²) in [5.74, 6) is 0. The first kappa shape index (κ1) is 14.0. The smallest absolute Gasteiger partial charge is 0.0983 e. The molecule has 0 aromatic rings. The van der Waals surface area contributed by atoms with Crippen molar-refractivity contribution in [1.29, 1.82) is 0 Å². The molecule has 0 spiro atoms. The number of halogens is 2. The summed E-state index contributed by atoms with van der Waals surface area (Å²) in [6, 6.07) is 0. The fraction of sp³-hybridized carbons (Fsp3) is 0.750. The van der Waals surface area contributed by atoms with E-state index in [9.17, 15) is 0 Å². The summed E-state index contributed by atoms with van der Waals surface area (Å²) < 4.78 is 1.00. The van der Waals surface area contributed by atoms with Gasteiger partial charge in [-0.25, -0.2) is 0 Å². The molecule has 0 aromatic heterocycles. The van der Waals surface area contributed by atoms with Crippen LogP contribution in [0.2, 0.25) is 0 Å². The average molecular weight is 243 g/mol. The lowest BCUT2D eigenvalue weighted by molar-refractivity contribution is -0.882. The summed E-state index contributed by atoms with van der Waals surface area (Å²) in [4.78, 5) is 0. The van der Waals surface area contributed by atoms with Gasteiger partial charge in [-0.1, -0.05) is 11.6 Å². The molecule has 0 amide bonds. The zero-order chi connectivity index (χ0) is 8.20. The minimum atomic E-state index is 0. The van der Waals surface area contributed by atoms with E-state index in [1.165, 1.54) is 0 Å². The highest BCUT2D eigenvalue weighted by molar-refractivity contribution is 6.29. The molecule has 0 heterocycles. The quantitative estimate of drug-likeness (QED) is 0.570. The highest BCUT2D eigenvalue weighted by Gasteiger charge is 2.07. The Morgan fingerprint density at radius 2 is 1.91 bits per heavy atom. The van der Waals surface area contributed by atoms with E-state index in [4.69, 9.17) is 11.6 Å². The van der Waals surface area contributed by atoms with Crippen molar-refractivity contribution >= 4 is 11.6 Å². The minimum Gasteiger partial charge on any atom is -1.00 e. The molecule has 0 aliphatic heterocycles. The molecule has 1 nitrogen and oxygen atoms in total. The standard InChI is InChI=1S/C8H17ClN.BrH/c1-5-10(3,4)7-6-8(2)9;/h6H,5,7H2,1-4H3;1H/q+1;/p-1/b8-6-;. The maximum Gasteiger partial charge on any atom is 0.0983 e. The summed E-state index contributed by atoms with van der Waals surface area (Å²) in [7, 11) is 4.38. The van der Waals surface area contributed by atoms with Crippen molar-refractivity contribution in [2.75, 3.05) is 27.2 Å². The summed E-state index contributed by atoms with van der Waals surface area (Å²) in [5.41, 5.74) is 0. The molecule has 0 saturated carbocycles. The van der Waals surface area contributed by atoms with Gasteiger partial charge in [0.2, 0.25) is 0 Å². The number of allylic oxidation sites excluding steroid dienone is 1. The molecule has 0 aliphatic carbocycles. The SMILES string of the molecule is CC[N+](C)(C)C/C=C(/C)Cl.[Br-]. The molecule has 0 aliphatic rings. The maximum absolute atomic E-state index is 5.69. The molecule has 0 rings (SSSR count). The monoisotopic (exact) mass is 241 g/mol. The van der Waals surface area contributed by atoms with Crippen molar-refractivity contribution < 1.29 is 21.5 Å². The lowest BCUT2D eigenvalue weighted by Crippen LogP contribution is -3.00. The fourth-order valence-corrected chi connectivity index (χ4v) is 0.571. The first-order valence-electron chi connectivity index (χ1n) is 3.62. The van der Waals surface area contributed by atoms with Crippen molar-refractivity contribution in [3.63, 3.8) is 0 Å². The third-order valence-electron chi connectivity index (χ3n) is 1.72. The van der Waals surface area contributed by atoms with Gasteiger partial charge in [-0.15, -0.1) is 0 Å². The molecule has 0 radical (unpaired) electrons. The number of likely N-dealkylation sites (N-methyl/N-ethyl adjacent to an activating group) is 1. The van der Waals surface area contributed by atoms with Crippen LogP contribution in [0.4, 0.5) is 0 Å². The number of nitrogens with zero attached hydrogens (tertiary/aromatic N) is 1. The summed E-state index contributed by atoms with van der Waals surface area (Å²) in [6.45, 7) is 6.25. The lowest BCUT2D eigenvalue weighted by atomic mass is 10.4. The Labute approximate surface area is 85.4 Å². The first-order valence-corrected chi connectivity index (χ1v) is 4.00. The molecule has 0 aromatic carbocycles. The van der Waals surface area contributed by atoms with Crippen LogP contribution in [0.1, 0.15) is 13.8 Å². The lowest BCUT2D eigenvalue weighted by Gasteiger charge is -2.26. The molecule has 0 bridgehead atoms. The molecule has 0 atom stereocenters. The van der Waals surface area contributed by atoms with Crippen molar-refractivity contribution in [1.82, 2.24) is 0 Å². The van der Waals surface area contributed by atoms with Crippen LogP contribution < -0.4 is 17.0 Å². The van der Waals surface area contributed by atoms with Gasteiger partial charge in [-0.3, -0.25) is 0 Å². The van der Waals surface area contributed by atoms with E-state index in [2.05, 4.69) is 27.1 Å². The van der Waals surface area contributed by atoms with Crippen LogP contribution in [0.25, 0.3) is 0 Å². The molecule has 0 saturated heterocycles. The second-order valence-corrected chi connectivity index (χ2v) is 3.82. The normalized spacial score (nSPS) is 12.6. The van der Waals surface area contributed by atoms with Crippen molar-refractivity contribution in [2.24, 2.45) is 0 Å².